The van der Waals surface area contributed by atoms with Crippen LogP contribution in [-0.2, 0) is 14.8 Å². The van der Waals surface area contributed by atoms with Gasteiger partial charge in [0.2, 0.25) is 15.9 Å². The zero-order valence-corrected chi connectivity index (χ0v) is 12.3. The summed E-state index contributed by atoms with van der Waals surface area (Å²) in [7, 11) is -3.78. The number of nitrogens with one attached hydrogen (secondary N) is 2. The zero-order chi connectivity index (χ0) is 14.8. The lowest BCUT2D eigenvalue weighted by atomic mass is 10.3. The molecule has 112 valence electrons. The van der Waals surface area contributed by atoms with Crippen LogP contribution in [0.15, 0.2) is 9.42 Å². The van der Waals surface area contributed by atoms with Crippen LogP contribution in [0.4, 0.5) is 0 Å². The summed E-state index contributed by atoms with van der Waals surface area (Å²) in [5.74, 6) is -0.0218. The second-order valence-corrected chi connectivity index (χ2v) is 6.31. The first-order valence-corrected chi connectivity index (χ1v) is 7.81. The molecule has 1 amide bonds. The molecule has 2 N–H and O–H groups in total. The Labute approximate surface area is 117 Å². The molecule has 1 saturated heterocycles. The molecule has 0 bridgehead atoms. The molecule has 20 heavy (non-hydrogen) atoms. The molecular formula is C11H18N4O4S. The van der Waals surface area contributed by atoms with E-state index in [4.69, 9.17) is 4.52 Å². The minimum Gasteiger partial charge on any atom is -0.360 e. The standard InChI is InChI=1S/C11H18N4O4S/c1-8-11(9(2)19-14-8)20(17,18)13-7-10(16)15-5-3-12-4-6-15/h12-13H,3-7H2,1-2H3. The molecule has 0 aromatic carbocycles. The Bertz CT molecular complexity index is 570. The Balaban J connectivity index is 2.01. The van der Waals surface area contributed by atoms with E-state index in [1.807, 2.05) is 0 Å². The first-order chi connectivity index (χ1) is 9.42. The van der Waals surface area contributed by atoms with Crippen molar-refractivity contribution in [3.63, 3.8) is 0 Å². The normalized spacial score (nSPS) is 16.4. The molecule has 0 aliphatic carbocycles. The van der Waals surface area contributed by atoms with Crippen LogP contribution in [0.3, 0.4) is 0 Å². The third-order valence-corrected chi connectivity index (χ3v) is 4.76. The molecule has 1 aliphatic rings. The highest BCUT2D eigenvalue weighted by Crippen LogP contribution is 2.18. The van der Waals surface area contributed by atoms with Crippen molar-refractivity contribution in [3.8, 4) is 0 Å². The lowest BCUT2D eigenvalue weighted by molar-refractivity contribution is -0.130. The van der Waals surface area contributed by atoms with Crippen molar-refractivity contribution in [2.75, 3.05) is 32.7 Å². The fourth-order valence-electron chi connectivity index (χ4n) is 2.11. The van der Waals surface area contributed by atoms with Gasteiger partial charge in [0.25, 0.3) is 0 Å². The van der Waals surface area contributed by atoms with Crippen LogP contribution in [0.5, 0.6) is 0 Å². The quantitative estimate of drug-likeness (QED) is 0.739. The fraction of sp³-hybridized carbons (Fsp3) is 0.636. The molecular weight excluding hydrogens is 284 g/mol. The smallest absolute Gasteiger partial charge is 0.246 e. The first kappa shape index (κ1) is 14.9. The van der Waals surface area contributed by atoms with Crippen molar-refractivity contribution in [1.82, 2.24) is 20.1 Å². The summed E-state index contributed by atoms with van der Waals surface area (Å²) in [6.45, 7) is 5.44. The van der Waals surface area contributed by atoms with E-state index >= 15 is 0 Å². The van der Waals surface area contributed by atoms with Crippen molar-refractivity contribution in [3.05, 3.63) is 11.5 Å². The van der Waals surface area contributed by atoms with Crippen LogP contribution in [0.1, 0.15) is 11.5 Å². The van der Waals surface area contributed by atoms with Crippen LogP contribution in [0, 0.1) is 13.8 Å². The number of hydrogen-bond acceptors (Lipinski definition) is 6. The number of aryl methyl sites for hydroxylation is 2. The lowest BCUT2D eigenvalue weighted by Crippen LogP contribution is -2.49. The maximum atomic E-state index is 12.1. The molecule has 8 nitrogen and oxygen atoms in total. The second-order valence-electron chi connectivity index (χ2n) is 4.61. The maximum absolute atomic E-state index is 12.1. The number of carbonyl (C=O) groups excluding carboxylic acids is 1. The molecule has 0 unspecified atom stereocenters. The Hall–Kier alpha value is -1.45. The monoisotopic (exact) mass is 302 g/mol. The number of aromatic nitrogens is 1. The van der Waals surface area contributed by atoms with Crippen LogP contribution in [0.2, 0.25) is 0 Å². The third-order valence-electron chi connectivity index (χ3n) is 3.12. The predicted octanol–water partition coefficient (Wildman–Crippen LogP) is -0.998. The van der Waals surface area contributed by atoms with Crippen molar-refractivity contribution < 1.29 is 17.7 Å². The molecule has 1 aromatic heterocycles. The predicted molar refractivity (Wildman–Crippen MR) is 70.6 cm³/mol. The number of nitrogens with zero attached hydrogens (tertiary/aromatic N) is 2. The fourth-order valence-corrected chi connectivity index (χ4v) is 3.41. The van der Waals surface area contributed by atoms with Crippen molar-refractivity contribution in [2.24, 2.45) is 0 Å². The van der Waals surface area contributed by atoms with Crippen LogP contribution >= 0.6 is 0 Å². The number of rotatable bonds is 4. The average molecular weight is 302 g/mol. The van der Waals surface area contributed by atoms with Gasteiger partial charge in [-0.15, -0.1) is 0 Å². The van der Waals surface area contributed by atoms with Crippen molar-refractivity contribution in [2.45, 2.75) is 18.7 Å². The summed E-state index contributed by atoms with van der Waals surface area (Å²) < 4.78 is 31.4. The van der Waals surface area contributed by atoms with Gasteiger partial charge in [-0.05, 0) is 13.8 Å². The van der Waals surface area contributed by atoms with E-state index < -0.39 is 10.0 Å². The topological polar surface area (TPSA) is 105 Å². The molecule has 0 saturated carbocycles. The van der Waals surface area contributed by atoms with Crippen LogP contribution in [0.25, 0.3) is 0 Å². The van der Waals surface area contributed by atoms with E-state index in [0.29, 0.717) is 13.1 Å². The highest BCUT2D eigenvalue weighted by atomic mass is 32.2. The molecule has 0 atom stereocenters. The number of carbonyl (C=O) groups is 1. The van der Waals surface area contributed by atoms with E-state index in [1.54, 1.807) is 11.8 Å². The van der Waals surface area contributed by atoms with Gasteiger partial charge in [-0.2, -0.15) is 0 Å². The largest absolute Gasteiger partial charge is 0.360 e. The summed E-state index contributed by atoms with van der Waals surface area (Å²) in [5, 5.41) is 6.73. The lowest BCUT2D eigenvalue weighted by Gasteiger charge is -2.27. The molecule has 1 fully saturated rings. The Morgan fingerprint density at radius 3 is 2.60 bits per heavy atom. The van der Waals surface area contributed by atoms with Crippen molar-refractivity contribution >= 4 is 15.9 Å². The van der Waals surface area contributed by atoms with Gasteiger partial charge >= 0.3 is 0 Å². The number of hydrogen-bond donors (Lipinski definition) is 2. The van der Waals surface area contributed by atoms with Gasteiger partial charge in [-0.25, -0.2) is 13.1 Å². The average Bonchev–Trinajstić information content (AvgIpc) is 2.77. The van der Waals surface area contributed by atoms with Gasteiger partial charge in [0, 0.05) is 26.2 Å². The maximum Gasteiger partial charge on any atom is 0.246 e. The van der Waals surface area contributed by atoms with E-state index in [1.165, 1.54) is 6.92 Å². The highest BCUT2D eigenvalue weighted by Gasteiger charge is 2.25. The third kappa shape index (κ3) is 3.17. The van der Waals surface area contributed by atoms with Crippen LogP contribution < -0.4 is 10.0 Å². The van der Waals surface area contributed by atoms with Gasteiger partial charge in [0.1, 0.15) is 10.6 Å². The number of amides is 1. The summed E-state index contributed by atoms with van der Waals surface area (Å²) in [6, 6.07) is 0. The molecule has 2 rings (SSSR count). The Morgan fingerprint density at radius 2 is 2.05 bits per heavy atom. The summed E-state index contributed by atoms with van der Waals surface area (Å²) in [4.78, 5) is 13.6. The minimum absolute atomic E-state index is 0.00520. The van der Waals surface area contributed by atoms with E-state index in [-0.39, 0.29) is 28.8 Å². The van der Waals surface area contributed by atoms with Crippen molar-refractivity contribution in [1.29, 1.82) is 0 Å². The molecule has 9 heteroatoms. The summed E-state index contributed by atoms with van der Waals surface area (Å²) >= 11 is 0. The van der Waals surface area contributed by atoms with E-state index in [2.05, 4.69) is 15.2 Å². The number of piperazine rings is 1. The SMILES string of the molecule is Cc1noc(C)c1S(=O)(=O)NCC(=O)N1CCNCC1. The van der Waals surface area contributed by atoms with E-state index in [0.717, 1.165) is 13.1 Å². The molecule has 2 heterocycles. The van der Waals surface area contributed by atoms with Gasteiger partial charge < -0.3 is 14.7 Å². The van der Waals surface area contributed by atoms with Gasteiger partial charge in [0.15, 0.2) is 5.76 Å². The first-order valence-electron chi connectivity index (χ1n) is 6.33. The molecule has 0 spiro atoms. The highest BCUT2D eigenvalue weighted by molar-refractivity contribution is 7.89. The van der Waals surface area contributed by atoms with Crippen LogP contribution in [-0.4, -0.2) is 57.1 Å². The van der Waals surface area contributed by atoms with Gasteiger partial charge in [-0.3, -0.25) is 4.79 Å². The minimum atomic E-state index is -3.78. The Kier molecular flexibility index (Phi) is 4.41. The summed E-state index contributed by atoms with van der Waals surface area (Å²) in [6.07, 6.45) is 0. The van der Waals surface area contributed by atoms with Gasteiger partial charge in [0.05, 0.1) is 6.54 Å². The summed E-state index contributed by atoms with van der Waals surface area (Å²) in [5.41, 5.74) is 0.282. The number of sulfonamides is 1. The molecule has 0 radical (unpaired) electrons. The second kappa shape index (κ2) is 5.90. The zero-order valence-electron chi connectivity index (χ0n) is 11.5. The molecule has 1 aromatic rings. The Morgan fingerprint density at radius 1 is 1.40 bits per heavy atom. The van der Waals surface area contributed by atoms with Gasteiger partial charge in [-0.1, -0.05) is 5.16 Å². The van der Waals surface area contributed by atoms with E-state index in [9.17, 15) is 13.2 Å². The molecule has 1 aliphatic heterocycles.